The first-order chi connectivity index (χ1) is 5.37. The summed E-state index contributed by atoms with van der Waals surface area (Å²) in [6.45, 7) is 6.80. The third kappa shape index (κ3) is 5.51. The maximum atomic E-state index is 11.0. The zero-order valence-electron chi connectivity index (χ0n) is 7.90. The van der Waals surface area contributed by atoms with Gasteiger partial charge in [0.15, 0.2) is 0 Å². The lowest BCUT2D eigenvalue weighted by molar-refractivity contribution is 0.143. The predicted molar refractivity (Wildman–Crippen MR) is 46.0 cm³/mol. The molecular formula is C7H16O4S. The molecule has 0 radical (unpaired) electrons. The molecule has 0 aromatic heterocycles. The fourth-order valence-electron chi connectivity index (χ4n) is 0.528. The summed E-state index contributed by atoms with van der Waals surface area (Å²) in [5, 5.41) is 0. The van der Waals surface area contributed by atoms with Crippen LogP contribution >= 0.6 is 0 Å². The highest BCUT2D eigenvalue weighted by molar-refractivity contribution is 7.81. The molecule has 0 aromatic carbocycles. The van der Waals surface area contributed by atoms with Gasteiger partial charge in [-0.05, 0) is 27.2 Å². The van der Waals surface area contributed by atoms with Crippen LogP contribution in [-0.2, 0) is 18.8 Å². The van der Waals surface area contributed by atoms with Crippen molar-refractivity contribution in [1.82, 2.24) is 0 Å². The van der Waals surface area contributed by atoms with Gasteiger partial charge in [0, 0.05) is 0 Å². The number of hydrogen-bond donors (Lipinski definition) is 0. The maximum Gasteiger partial charge on any atom is 0.400 e. The minimum absolute atomic E-state index is 0.325. The molecule has 0 saturated carbocycles. The van der Waals surface area contributed by atoms with E-state index in [-0.39, 0.29) is 12.2 Å². The molecule has 0 spiro atoms. The summed E-state index contributed by atoms with van der Waals surface area (Å²) < 4.78 is 31.1. The molecule has 5 heteroatoms. The van der Waals surface area contributed by atoms with E-state index in [9.17, 15) is 8.42 Å². The molecule has 0 amide bonds. The zero-order valence-corrected chi connectivity index (χ0v) is 8.72. The molecule has 0 saturated heterocycles. The molecule has 0 aromatic rings. The summed E-state index contributed by atoms with van der Waals surface area (Å²) in [5.74, 6) is 0. The lowest BCUT2D eigenvalue weighted by Gasteiger charge is -2.11. The second kappa shape index (κ2) is 4.79. The number of rotatable bonds is 5. The Morgan fingerprint density at radius 3 is 2.00 bits per heavy atom. The molecular weight excluding hydrogens is 180 g/mol. The first-order valence-corrected chi connectivity index (χ1v) is 5.32. The van der Waals surface area contributed by atoms with Crippen LogP contribution in [0.5, 0.6) is 0 Å². The van der Waals surface area contributed by atoms with Gasteiger partial charge in [0.05, 0.1) is 12.2 Å². The molecule has 12 heavy (non-hydrogen) atoms. The number of hydrogen-bond acceptors (Lipinski definition) is 4. The molecule has 0 rings (SSSR count). The van der Waals surface area contributed by atoms with Crippen LogP contribution in [0.25, 0.3) is 0 Å². The summed E-state index contributed by atoms with van der Waals surface area (Å²) in [6, 6.07) is 0. The van der Waals surface area contributed by atoms with Gasteiger partial charge in [-0.1, -0.05) is 6.92 Å². The van der Waals surface area contributed by atoms with Crippen molar-refractivity contribution >= 4 is 10.4 Å². The third-order valence-corrected chi connectivity index (χ3v) is 2.35. The van der Waals surface area contributed by atoms with E-state index >= 15 is 0 Å². The van der Waals surface area contributed by atoms with Crippen molar-refractivity contribution in [1.29, 1.82) is 0 Å². The van der Waals surface area contributed by atoms with Gasteiger partial charge < -0.3 is 0 Å². The Bertz CT molecular complexity index is 207. The smallest absolute Gasteiger partial charge is 0.245 e. The van der Waals surface area contributed by atoms with Crippen molar-refractivity contribution in [2.45, 2.75) is 46.3 Å². The highest BCUT2D eigenvalue weighted by Crippen LogP contribution is 2.06. The highest BCUT2D eigenvalue weighted by Gasteiger charge is 2.17. The normalized spacial score (nSPS) is 15.1. The van der Waals surface area contributed by atoms with Crippen molar-refractivity contribution in [2.24, 2.45) is 0 Å². The van der Waals surface area contributed by atoms with Gasteiger partial charge in [-0.2, -0.15) is 8.42 Å². The standard InChI is InChI=1S/C7H16O4S/c1-5-7(4)11-12(8,9)10-6(2)3/h6-7H,5H2,1-4H3. The van der Waals surface area contributed by atoms with E-state index in [2.05, 4.69) is 8.37 Å². The lowest BCUT2D eigenvalue weighted by atomic mass is 10.3. The van der Waals surface area contributed by atoms with Crippen molar-refractivity contribution in [3.8, 4) is 0 Å². The molecule has 0 aliphatic heterocycles. The van der Waals surface area contributed by atoms with Crippen LogP contribution in [0.2, 0.25) is 0 Å². The Morgan fingerprint density at radius 1 is 1.17 bits per heavy atom. The quantitative estimate of drug-likeness (QED) is 0.668. The molecule has 0 aliphatic carbocycles. The van der Waals surface area contributed by atoms with Crippen molar-refractivity contribution < 1.29 is 16.8 Å². The molecule has 4 nitrogen and oxygen atoms in total. The van der Waals surface area contributed by atoms with Crippen LogP contribution in [0.1, 0.15) is 34.1 Å². The maximum absolute atomic E-state index is 11.0. The van der Waals surface area contributed by atoms with Crippen molar-refractivity contribution in [3.63, 3.8) is 0 Å². The molecule has 0 heterocycles. The van der Waals surface area contributed by atoms with Crippen LogP contribution in [0.3, 0.4) is 0 Å². The third-order valence-electron chi connectivity index (χ3n) is 1.17. The summed E-state index contributed by atoms with van der Waals surface area (Å²) in [6.07, 6.45) is -0.0615. The van der Waals surface area contributed by atoms with Crippen molar-refractivity contribution in [3.05, 3.63) is 0 Å². The van der Waals surface area contributed by atoms with Gasteiger partial charge in [0.2, 0.25) is 0 Å². The van der Waals surface area contributed by atoms with E-state index in [0.29, 0.717) is 6.42 Å². The topological polar surface area (TPSA) is 52.6 Å². The summed E-state index contributed by atoms with van der Waals surface area (Å²) in [4.78, 5) is 0. The van der Waals surface area contributed by atoms with Crippen LogP contribution in [0, 0.1) is 0 Å². The molecule has 1 atom stereocenters. The average Bonchev–Trinajstić information content (AvgIpc) is 1.83. The van der Waals surface area contributed by atoms with E-state index in [1.165, 1.54) is 0 Å². The van der Waals surface area contributed by atoms with Crippen LogP contribution in [0.4, 0.5) is 0 Å². The Labute approximate surface area is 74.2 Å². The van der Waals surface area contributed by atoms with Gasteiger partial charge in [-0.25, -0.2) is 8.37 Å². The summed E-state index contributed by atoms with van der Waals surface area (Å²) in [7, 11) is -3.79. The second-order valence-electron chi connectivity index (χ2n) is 2.87. The van der Waals surface area contributed by atoms with Gasteiger partial charge in [-0.3, -0.25) is 0 Å². The van der Waals surface area contributed by atoms with E-state index < -0.39 is 10.4 Å². The van der Waals surface area contributed by atoms with E-state index in [4.69, 9.17) is 0 Å². The predicted octanol–water partition coefficient (Wildman–Crippen LogP) is 1.47. The van der Waals surface area contributed by atoms with E-state index in [0.717, 1.165) is 0 Å². The monoisotopic (exact) mass is 196 g/mol. The Kier molecular flexibility index (Phi) is 4.74. The van der Waals surface area contributed by atoms with Crippen LogP contribution in [0.15, 0.2) is 0 Å². The molecule has 0 aliphatic rings. The summed E-state index contributed by atoms with van der Waals surface area (Å²) >= 11 is 0. The minimum atomic E-state index is -3.79. The molecule has 0 N–H and O–H groups in total. The van der Waals surface area contributed by atoms with E-state index in [1.54, 1.807) is 20.8 Å². The zero-order chi connectivity index (χ0) is 9.78. The van der Waals surface area contributed by atoms with Crippen molar-refractivity contribution in [2.75, 3.05) is 0 Å². The Hall–Kier alpha value is -0.130. The molecule has 74 valence electrons. The lowest BCUT2D eigenvalue weighted by Crippen LogP contribution is -2.19. The molecule has 0 fully saturated rings. The largest absolute Gasteiger partial charge is 0.400 e. The average molecular weight is 196 g/mol. The first-order valence-electron chi connectivity index (χ1n) is 3.99. The SMILES string of the molecule is CCC(C)OS(=O)(=O)OC(C)C. The first kappa shape index (κ1) is 11.9. The minimum Gasteiger partial charge on any atom is -0.245 e. The van der Waals surface area contributed by atoms with Crippen LogP contribution < -0.4 is 0 Å². The van der Waals surface area contributed by atoms with Gasteiger partial charge >= 0.3 is 10.4 Å². The van der Waals surface area contributed by atoms with Gasteiger partial charge in [0.1, 0.15) is 0 Å². The fourth-order valence-corrected chi connectivity index (χ4v) is 1.58. The Morgan fingerprint density at radius 2 is 1.67 bits per heavy atom. The second-order valence-corrected chi connectivity index (χ2v) is 4.07. The fraction of sp³-hybridized carbons (Fsp3) is 1.00. The Balaban J connectivity index is 4.05. The molecule has 1 unspecified atom stereocenters. The van der Waals surface area contributed by atoms with E-state index in [1.807, 2.05) is 6.92 Å². The molecule has 0 bridgehead atoms. The van der Waals surface area contributed by atoms with Crippen LogP contribution in [-0.4, -0.2) is 20.6 Å². The van der Waals surface area contributed by atoms with Gasteiger partial charge in [-0.15, -0.1) is 0 Å². The summed E-state index contributed by atoms with van der Waals surface area (Å²) in [5.41, 5.74) is 0. The highest BCUT2D eigenvalue weighted by atomic mass is 32.3. The van der Waals surface area contributed by atoms with Gasteiger partial charge in [0.25, 0.3) is 0 Å².